The van der Waals surface area contributed by atoms with Crippen molar-refractivity contribution in [1.29, 1.82) is 0 Å². The van der Waals surface area contributed by atoms with Gasteiger partial charge in [0.05, 0.1) is 23.0 Å². The second kappa shape index (κ2) is 6.36. The van der Waals surface area contributed by atoms with Crippen molar-refractivity contribution in [2.45, 2.75) is 29.9 Å². The molecule has 0 aromatic carbocycles. The summed E-state index contributed by atoms with van der Waals surface area (Å²) in [6, 6.07) is 3.08. The van der Waals surface area contributed by atoms with Crippen LogP contribution >= 0.6 is 11.8 Å². The molecule has 1 N–H and O–H groups in total. The summed E-state index contributed by atoms with van der Waals surface area (Å²) in [6.45, 7) is 1.69. The molecule has 2 aromatic heterocycles. The lowest BCUT2D eigenvalue weighted by atomic mass is 10.2. The summed E-state index contributed by atoms with van der Waals surface area (Å²) in [7, 11) is -3.02. The van der Waals surface area contributed by atoms with Crippen molar-refractivity contribution in [2.75, 3.05) is 11.5 Å². The highest BCUT2D eigenvalue weighted by Crippen LogP contribution is 2.26. The lowest BCUT2D eigenvalue weighted by Crippen LogP contribution is -2.39. The molecule has 10 heteroatoms. The Morgan fingerprint density at radius 3 is 2.96 bits per heavy atom. The Balaban J connectivity index is 1.56. The zero-order chi connectivity index (χ0) is 16.4. The lowest BCUT2D eigenvalue weighted by molar-refractivity contribution is -0.120. The molecule has 1 aliphatic rings. The van der Waals surface area contributed by atoms with E-state index in [9.17, 15) is 13.2 Å². The monoisotopic (exact) mass is 357 g/mol. The van der Waals surface area contributed by atoms with Crippen LogP contribution in [0.1, 0.15) is 13.3 Å². The smallest absolute Gasteiger partial charge is 0.284 e. The first-order valence-corrected chi connectivity index (χ1v) is 9.68. The van der Waals surface area contributed by atoms with Crippen molar-refractivity contribution in [3.8, 4) is 11.7 Å². The van der Waals surface area contributed by atoms with Crippen LogP contribution in [0.25, 0.3) is 11.7 Å². The van der Waals surface area contributed by atoms with Crippen LogP contribution in [-0.4, -0.2) is 47.3 Å². The largest absolute Gasteiger partial charge is 0.459 e. The third-order valence-corrected chi connectivity index (χ3v) is 6.07. The Bertz CT molecular complexity index is 784. The van der Waals surface area contributed by atoms with E-state index in [1.54, 1.807) is 19.1 Å². The molecule has 3 rings (SSSR count). The van der Waals surface area contributed by atoms with Crippen LogP contribution in [0, 0.1) is 0 Å². The van der Waals surface area contributed by atoms with Crippen molar-refractivity contribution >= 4 is 27.5 Å². The number of amides is 1. The highest BCUT2D eigenvalue weighted by Gasteiger charge is 2.30. The molecule has 0 unspecified atom stereocenters. The van der Waals surface area contributed by atoms with Crippen molar-refractivity contribution in [3.05, 3.63) is 18.4 Å². The Morgan fingerprint density at radius 1 is 1.48 bits per heavy atom. The van der Waals surface area contributed by atoms with E-state index in [-0.39, 0.29) is 34.6 Å². The first kappa shape index (κ1) is 16.1. The van der Waals surface area contributed by atoms with E-state index >= 15 is 0 Å². The summed E-state index contributed by atoms with van der Waals surface area (Å²) >= 11 is 1.11. The number of carbonyl (C=O) groups is 1. The predicted octanol–water partition coefficient (Wildman–Crippen LogP) is 1.11. The summed E-state index contributed by atoms with van der Waals surface area (Å²) in [5, 5.41) is 10.2. The zero-order valence-corrected chi connectivity index (χ0v) is 13.9. The molecule has 2 aromatic rings. The van der Waals surface area contributed by atoms with Gasteiger partial charge in [-0.3, -0.25) is 4.79 Å². The highest BCUT2D eigenvalue weighted by molar-refractivity contribution is 8.00. The molecule has 0 saturated carbocycles. The van der Waals surface area contributed by atoms with Gasteiger partial charge >= 0.3 is 0 Å². The third kappa shape index (κ3) is 3.94. The van der Waals surface area contributed by atoms with E-state index in [4.69, 9.17) is 8.83 Å². The van der Waals surface area contributed by atoms with E-state index in [2.05, 4.69) is 15.5 Å². The first-order valence-electron chi connectivity index (χ1n) is 6.98. The number of furan rings is 1. The molecule has 0 spiro atoms. The van der Waals surface area contributed by atoms with E-state index < -0.39 is 15.1 Å². The number of hydrogen-bond donors (Lipinski definition) is 1. The predicted molar refractivity (Wildman–Crippen MR) is 82.5 cm³/mol. The Labute approximate surface area is 136 Å². The SMILES string of the molecule is C[C@@H](Sc1nnc(-c2ccco2)o1)C(=O)N[C@@H]1CCS(=O)(=O)C1. The number of carbonyl (C=O) groups excluding carboxylic acids is 1. The maximum Gasteiger partial charge on any atom is 0.284 e. The van der Waals surface area contributed by atoms with Gasteiger partial charge in [-0.2, -0.15) is 0 Å². The molecule has 1 amide bonds. The maximum atomic E-state index is 12.1. The van der Waals surface area contributed by atoms with E-state index in [0.717, 1.165) is 11.8 Å². The van der Waals surface area contributed by atoms with E-state index in [1.165, 1.54) is 6.26 Å². The standard InChI is InChI=1S/C13H15N3O5S2/c1-8(11(17)14-9-4-6-23(18,19)7-9)22-13-16-15-12(21-13)10-3-2-5-20-10/h2-3,5,8-9H,4,6-7H2,1H3,(H,14,17)/t8-,9-/m1/s1. The number of nitrogens with one attached hydrogen (secondary N) is 1. The zero-order valence-electron chi connectivity index (χ0n) is 12.3. The summed E-state index contributed by atoms with van der Waals surface area (Å²) in [5.41, 5.74) is 0. The van der Waals surface area contributed by atoms with Crippen LogP contribution in [0.4, 0.5) is 0 Å². The Morgan fingerprint density at radius 2 is 2.30 bits per heavy atom. The minimum absolute atomic E-state index is 0.000669. The van der Waals surface area contributed by atoms with Gasteiger partial charge in [0.2, 0.25) is 5.91 Å². The van der Waals surface area contributed by atoms with Gasteiger partial charge in [-0.05, 0) is 25.5 Å². The van der Waals surface area contributed by atoms with Gasteiger partial charge in [0.25, 0.3) is 11.1 Å². The van der Waals surface area contributed by atoms with E-state index in [1.807, 2.05) is 0 Å². The number of sulfone groups is 1. The van der Waals surface area contributed by atoms with Crippen molar-refractivity contribution in [3.63, 3.8) is 0 Å². The van der Waals surface area contributed by atoms with Crippen molar-refractivity contribution < 1.29 is 22.0 Å². The number of nitrogens with zero attached hydrogens (tertiary/aromatic N) is 2. The molecule has 23 heavy (non-hydrogen) atoms. The first-order chi connectivity index (χ1) is 10.9. The number of hydrogen-bond acceptors (Lipinski definition) is 8. The molecule has 0 bridgehead atoms. The summed E-state index contributed by atoms with van der Waals surface area (Å²) < 4.78 is 33.4. The molecule has 0 radical (unpaired) electrons. The molecule has 8 nitrogen and oxygen atoms in total. The van der Waals surface area contributed by atoms with Crippen molar-refractivity contribution in [2.24, 2.45) is 0 Å². The molecule has 3 heterocycles. The lowest BCUT2D eigenvalue weighted by Gasteiger charge is -2.14. The Hall–Kier alpha value is -1.81. The molecule has 1 aliphatic heterocycles. The number of aromatic nitrogens is 2. The van der Waals surface area contributed by atoms with Crippen LogP contribution in [0.15, 0.2) is 32.5 Å². The summed E-state index contributed by atoms with van der Waals surface area (Å²) in [5.74, 6) is 0.564. The van der Waals surface area contributed by atoms with Gasteiger partial charge in [-0.1, -0.05) is 11.8 Å². The second-order valence-electron chi connectivity index (χ2n) is 5.22. The van der Waals surface area contributed by atoms with Crippen LogP contribution in [-0.2, 0) is 14.6 Å². The fourth-order valence-electron chi connectivity index (χ4n) is 2.19. The van der Waals surface area contributed by atoms with Gasteiger partial charge in [0.15, 0.2) is 15.6 Å². The average Bonchev–Trinajstić information content (AvgIpc) is 3.19. The topological polar surface area (TPSA) is 115 Å². The van der Waals surface area contributed by atoms with Crippen LogP contribution in [0.2, 0.25) is 0 Å². The molecule has 124 valence electrons. The molecule has 0 aliphatic carbocycles. The van der Waals surface area contributed by atoms with Gasteiger partial charge in [0, 0.05) is 6.04 Å². The Kier molecular flexibility index (Phi) is 4.44. The van der Waals surface area contributed by atoms with Crippen LogP contribution < -0.4 is 5.32 Å². The van der Waals surface area contributed by atoms with Crippen LogP contribution in [0.3, 0.4) is 0 Å². The van der Waals surface area contributed by atoms with Crippen LogP contribution in [0.5, 0.6) is 0 Å². The third-order valence-electron chi connectivity index (χ3n) is 3.36. The maximum absolute atomic E-state index is 12.1. The molecule has 2 atom stereocenters. The van der Waals surface area contributed by atoms with Gasteiger partial charge in [0.1, 0.15) is 0 Å². The summed E-state index contributed by atoms with van der Waals surface area (Å²) in [4.78, 5) is 12.1. The van der Waals surface area contributed by atoms with Crippen molar-refractivity contribution in [1.82, 2.24) is 15.5 Å². The molecular formula is C13H15N3O5S2. The molecule has 1 fully saturated rings. The van der Waals surface area contributed by atoms with Gasteiger partial charge in [-0.15, -0.1) is 10.2 Å². The average molecular weight is 357 g/mol. The fraction of sp³-hybridized carbons (Fsp3) is 0.462. The highest BCUT2D eigenvalue weighted by atomic mass is 32.2. The minimum atomic E-state index is -3.02. The van der Waals surface area contributed by atoms with Gasteiger partial charge < -0.3 is 14.2 Å². The second-order valence-corrected chi connectivity index (χ2v) is 8.74. The molecular weight excluding hydrogens is 342 g/mol. The van der Waals surface area contributed by atoms with Gasteiger partial charge in [-0.25, -0.2) is 8.42 Å². The normalized spacial score (nSPS) is 21.2. The summed E-state index contributed by atoms with van der Waals surface area (Å²) in [6.07, 6.45) is 1.95. The quantitative estimate of drug-likeness (QED) is 0.791. The molecule has 1 saturated heterocycles. The van der Waals surface area contributed by atoms with E-state index in [0.29, 0.717) is 12.2 Å². The number of thioether (sulfide) groups is 1. The fourth-order valence-corrected chi connectivity index (χ4v) is 4.56. The minimum Gasteiger partial charge on any atom is -0.459 e. The number of rotatable bonds is 5.